The van der Waals surface area contributed by atoms with Crippen LogP contribution < -0.4 is 10.6 Å². The van der Waals surface area contributed by atoms with Gasteiger partial charge in [0.15, 0.2) is 6.10 Å². The van der Waals surface area contributed by atoms with Crippen LogP contribution in [0.1, 0.15) is 35.7 Å². The van der Waals surface area contributed by atoms with E-state index in [-0.39, 0.29) is 23.3 Å². The van der Waals surface area contributed by atoms with E-state index in [0.717, 1.165) is 24.0 Å². The molecular formula is C26H26N2O4S. The molecule has 2 amide bonds. The second kappa shape index (κ2) is 10.4. The van der Waals surface area contributed by atoms with Crippen molar-refractivity contribution in [2.45, 2.75) is 32.3 Å². The van der Waals surface area contributed by atoms with Crippen LogP contribution in [-0.2, 0) is 20.7 Å². The number of carbonyl (C=O) groups excluding carboxylic acids is 3. The molecule has 1 aliphatic rings. The lowest BCUT2D eigenvalue weighted by molar-refractivity contribution is -0.129. The van der Waals surface area contributed by atoms with Crippen LogP contribution in [0.4, 0.5) is 5.00 Å². The van der Waals surface area contributed by atoms with Crippen LogP contribution >= 0.6 is 11.3 Å². The van der Waals surface area contributed by atoms with Gasteiger partial charge >= 0.3 is 5.97 Å². The monoisotopic (exact) mass is 462 g/mol. The van der Waals surface area contributed by atoms with Gasteiger partial charge in [-0.15, -0.1) is 11.3 Å². The van der Waals surface area contributed by atoms with E-state index in [9.17, 15) is 14.4 Å². The Labute approximate surface area is 197 Å². The SMILES string of the molecule is CC(OC(=O)c1c(-c2ccccc2)csc1NC(=O)C1CC1)C(=O)NCCc1ccccc1. The average molecular weight is 463 g/mol. The van der Waals surface area contributed by atoms with Crippen molar-refractivity contribution in [2.24, 2.45) is 5.92 Å². The summed E-state index contributed by atoms with van der Waals surface area (Å²) in [6.07, 6.45) is 1.45. The van der Waals surface area contributed by atoms with Crippen LogP contribution in [0.5, 0.6) is 0 Å². The van der Waals surface area contributed by atoms with Gasteiger partial charge in [0.05, 0.1) is 0 Å². The number of nitrogens with one attached hydrogen (secondary N) is 2. The van der Waals surface area contributed by atoms with Crippen molar-refractivity contribution in [3.63, 3.8) is 0 Å². The molecule has 6 nitrogen and oxygen atoms in total. The zero-order chi connectivity index (χ0) is 23.2. The van der Waals surface area contributed by atoms with Gasteiger partial charge in [-0.1, -0.05) is 60.7 Å². The summed E-state index contributed by atoms with van der Waals surface area (Å²) in [6, 6.07) is 19.3. The first-order valence-electron chi connectivity index (χ1n) is 11.0. The number of esters is 1. The molecule has 1 saturated carbocycles. The predicted octanol–water partition coefficient (Wildman–Crippen LogP) is 4.67. The lowest BCUT2D eigenvalue weighted by atomic mass is 10.0. The number of carbonyl (C=O) groups is 3. The van der Waals surface area contributed by atoms with E-state index in [4.69, 9.17) is 4.74 Å². The van der Waals surface area contributed by atoms with Crippen LogP contribution in [0.25, 0.3) is 11.1 Å². The van der Waals surface area contributed by atoms with Gasteiger partial charge in [-0.25, -0.2) is 4.79 Å². The molecule has 7 heteroatoms. The molecule has 0 radical (unpaired) electrons. The largest absolute Gasteiger partial charge is 0.449 e. The number of rotatable bonds is 9. The van der Waals surface area contributed by atoms with Gasteiger partial charge in [0.25, 0.3) is 5.91 Å². The zero-order valence-corrected chi connectivity index (χ0v) is 19.2. The van der Waals surface area contributed by atoms with Gasteiger partial charge in [-0.05, 0) is 37.3 Å². The molecule has 0 aliphatic heterocycles. The third-order valence-corrected chi connectivity index (χ3v) is 6.37. The molecule has 0 saturated heterocycles. The predicted molar refractivity (Wildman–Crippen MR) is 129 cm³/mol. The Hall–Kier alpha value is -3.45. The maximum atomic E-state index is 13.2. The topological polar surface area (TPSA) is 84.5 Å². The molecule has 1 aromatic heterocycles. The van der Waals surface area contributed by atoms with Gasteiger partial charge in [0.1, 0.15) is 10.6 Å². The fraction of sp³-hybridized carbons (Fsp3) is 0.269. The van der Waals surface area contributed by atoms with Gasteiger partial charge < -0.3 is 15.4 Å². The molecule has 3 aromatic rings. The molecule has 0 bridgehead atoms. The fourth-order valence-electron chi connectivity index (χ4n) is 3.43. The van der Waals surface area contributed by atoms with Gasteiger partial charge in [-0.2, -0.15) is 0 Å². The highest BCUT2D eigenvalue weighted by molar-refractivity contribution is 7.15. The Bertz CT molecular complexity index is 1120. The molecule has 1 heterocycles. The molecule has 0 spiro atoms. The molecule has 2 aromatic carbocycles. The molecule has 2 N–H and O–H groups in total. The van der Waals surface area contributed by atoms with Crippen LogP contribution in [0, 0.1) is 5.92 Å². The molecule has 1 unspecified atom stereocenters. The van der Waals surface area contributed by atoms with Crippen molar-refractivity contribution < 1.29 is 19.1 Å². The third-order valence-electron chi connectivity index (χ3n) is 5.47. The molecule has 170 valence electrons. The maximum Gasteiger partial charge on any atom is 0.342 e. The second-order valence-corrected chi connectivity index (χ2v) is 8.94. The summed E-state index contributed by atoms with van der Waals surface area (Å²) in [5.41, 5.74) is 2.91. The van der Waals surface area contributed by atoms with E-state index >= 15 is 0 Å². The Balaban J connectivity index is 1.44. The number of anilines is 1. The molecule has 1 atom stereocenters. The van der Waals surface area contributed by atoms with Crippen LogP contribution in [0.2, 0.25) is 0 Å². The number of hydrogen-bond donors (Lipinski definition) is 2. The summed E-state index contributed by atoms with van der Waals surface area (Å²) in [5.74, 6) is -1.08. The van der Waals surface area contributed by atoms with Crippen molar-refractivity contribution in [2.75, 3.05) is 11.9 Å². The lowest BCUT2D eigenvalue weighted by Gasteiger charge is -2.15. The van der Waals surface area contributed by atoms with E-state index < -0.39 is 12.1 Å². The Kier molecular flexibility index (Phi) is 7.19. The Morgan fingerprint density at radius 2 is 1.70 bits per heavy atom. The van der Waals surface area contributed by atoms with E-state index in [1.807, 2.05) is 66.0 Å². The number of benzene rings is 2. The first-order valence-corrected chi connectivity index (χ1v) is 11.9. The Morgan fingerprint density at radius 1 is 1.03 bits per heavy atom. The summed E-state index contributed by atoms with van der Waals surface area (Å²) >= 11 is 1.29. The van der Waals surface area contributed by atoms with E-state index in [2.05, 4.69) is 10.6 Å². The highest BCUT2D eigenvalue weighted by Crippen LogP contribution is 2.38. The minimum absolute atomic E-state index is 0.00506. The van der Waals surface area contributed by atoms with E-state index in [1.165, 1.54) is 11.3 Å². The molecule has 1 fully saturated rings. The smallest absolute Gasteiger partial charge is 0.342 e. The third kappa shape index (κ3) is 5.87. The van der Waals surface area contributed by atoms with Crippen LogP contribution in [-0.4, -0.2) is 30.4 Å². The molecular weight excluding hydrogens is 436 g/mol. The normalized spacial score (nSPS) is 13.7. The fourth-order valence-corrected chi connectivity index (χ4v) is 4.39. The van der Waals surface area contributed by atoms with Crippen molar-refractivity contribution in [3.8, 4) is 11.1 Å². The minimum atomic E-state index is -0.969. The zero-order valence-electron chi connectivity index (χ0n) is 18.4. The maximum absolute atomic E-state index is 13.2. The Morgan fingerprint density at radius 3 is 2.36 bits per heavy atom. The van der Waals surface area contributed by atoms with E-state index in [0.29, 0.717) is 23.5 Å². The van der Waals surface area contributed by atoms with Crippen molar-refractivity contribution in [1.82, 2.24) is 5.32 Å². The molecule has 1 aliphatic carbocycles. The minimum Gasteiger partial charge on any atom is -0.449 e. The lowest BCUT2D eigenvalue weighted by Crippen LogP contribution is -2.37. The number of amides is 2. The summed E-state index contributed by atoms with van der Waals surface area (Å²) in [5, 5.41) is 7.97. The first kappa shape index (κ1) is 22.7. The quantitative estimate of drug-likeness (QED) is 0.453. The van der Waals surface area contributed by atoms with Crippen molar-refractivity contribution in [1.29, 1.82) is 0 Å². The summed E-state index contributed by atoms with van der Waals surface area (Å²) in [7, 11) is 0. The van der Waals surface area contributed by atoms with Gasteiger partial charge in [-0.3, -0.25) is 9.59 Å². The average Bonchev–Trinajstić information content (AvgIpc) is 3.60. The second-order valence-electron chi connectivity index (χ2n) is 8.06. The highest BCUT2D eigenvalue weighted by atomic mass is 32.1. The summed E-state index contributed by atoms with van der Waals surface area (Å²) < 4.78 is 5.52. The van der Waals surface area contributed by atoms with Crippen molar-refractivity contribution >= 4 is 34.1 Å². The van der Waals surface area contributed by atoms with Crippen molar-refractivity contribution in [3.05, 3.63) is 77.2 Å². The number of thiophene rings is 1. The molecule has 4 rings (SSSR count). The standard InChI is InChI=1S/C26H26N2O4S/c1-17(23(29)27-15-14-18-8-4-2-5-9-18)32-26(31)22-21(19-10-6-3-7-11-19)16-33-25(22)28-24(30)20-12-13-20/h2-11,16-17,20H,12-15H2,1H3,(H,27,29)(H,28,30). The first-order chi connectivity index (χ1) is 16.0. The van der Waals surface area contributed by atoms with Crippen LogP contribution in [0.3, 0.4) is 0 Å². The summed E-state index contributed by atoms with van der Waals surface area (Å²) in [4.78, 5) is 38.0. The highest BCUT2D eigenvalue weighted by Gasteiger charge is 2.32. The number of hydrogen-bond acceptors (Lipinski definition) is 5. The summed E-state index contributed by atoms with van der Waals surface area (Å²) in [6.45, 7) is 1.99. The molecule has 33 heavy (non-hydrogen) atoms. The van der Waals surface area contributed by atoms with Crippen LogP contribution in [0.15, 0.2) is 66.0 Å². The van der Waals surface area contributed by atoms with Gasteiger partial charge in [0, 0.05) is 23.4 Å². The van der Waals surface area contributed by atoms with E-state index in [1.54, 1.807) is 6.92 Å². The number of ether oxygens (including phenoxy) is 1. The van der Waals surface area contributed by atoms with Gasteiger partial charge in [0.2, 0.25) is 5.91 Å².